The molecule has 0 N–H and O–H groups in total. The lowest BCUT2D eigenvalue weighted by molar-refractivity contribution is 0.599. The van der Waals surface area contributed by atoms with E-state index in [0.29, 0.717) is 4.21 Å². The third-order valence-corrected chi connectivity index (χ3v) is 5.17. The summed E-state index contributed by atoms with van der Waals surface area (Å²) in [4.78, 5) is 0. The molecule has 62 valence electrons. The molecule has 0 saturated carbocycles. The Hall–Kier alpha value is 0.130. The van der Waals surface area contributed by atoms with E-state index in [4.69, 9.17) is 0 Å². The van der Waals surface area contributed by atoms with Crippen molar-refractivity contribution in [2.45, 2.75) is 11.1 Å². The zero-order valence-corrected chi connectivity index (χ0v) is 9.09. The average molecular weight is 255 g/mol. The van der Waals surface area contributed by atoms with Crippen LogP contribution in [0.5, 0.6) is 0 Å². The van der Waals surface area contributed by atoms with Crippen LogP contribution in [0.15, 0.2) is 20.1 Å². The second-order valence-corrected chi connectivity index (χ2v) is 6.93. The van der Waals surface area contributed by atoms with E-state index in [9.17, 15) is 8.42 Å². The van der Waals surface area contributed by atoms with Crippen LogP contribution in [0.3, 0.4) is 0 Å². The van der Waals surface area contributed by atoms with Gasteiger partial charge in [-0.15, -0.1) is 11.3 Å². The van der Waals surface area contributed by atoms with Gasteiger partial charge in [0, 0.05) is 0 Å². The van der Waals surface area contributed by atoms with Crippen LogP contribution < -0.4 is 0 Å². The summed E-state index contributed by atoms with van der Waals surface area (Å²) in [6.45, 7) is 1.64. The first-order valence-electron chi connectivity index (χ1n) is 3.04. The standard InChI is InChI=1S/C6H7BrO2S2/c1-2-11(8,9)6-4-3-5(7)10-6/h3-4H,2H2,1H3. The molecule has 0 aliphatic carbocycles. The Kier molecular flexibility index (Phi) is 2.72. The van der Waals surface area contributed by atoms with Gasteiger partial charge in [-0.2, -0.15) is 0 Å². The summed E-state index contributed by atoms with van der Waals surface area (Å²) >= 11 is 4.46. The smallest absolute Gasteiger partial charge is 0.187 e. The van der Waals surface area contributed by atoms with Crippen LogP contribution in [0.1, 0.15) is 6.92 Å². The monoisotopic (exact) mass is 254 g/mol. The van der Waals surface area contributed by atoms with Crippen molar-refractivity contribution in [1.29, 1.82) is 0 Å². The van der Waals surface area contributed by atoms with E-state index >= 15 is 0 Å². The highest BCUT2D eigenvalue weighted by atomic mass is 79.9. The predicted molar refractivity (Wildman–Crippen MR) is 49.7 cm³/mol. The summed E-state index contributed by atoms with van der Waals surface area (Å²) in [5.41, 5.74) is 0. The first kappa shape index (κ1) is 9.22. The fourth-order valence-electron chi connectivity index (χ4n) is 0.607. The van der Waals surface area contributed by atoms with Crippen molar-refractivity contribution < 1.29 is 8.42 Å². The van der Waals surface area contributed by atoms with E-state index in [0.717, 1.165) is 3.79 Å². The number of rotatable bonds is 2. The van der Waals surface area contributed by atoms with Crippen molar-refractivity contribution in [3.05, 3.63) is 15.9 Å². The fourth-order valence-corrected chi connectivity index (χ4v) is 3.74. The number of hydrogen-bond acceptors (Lipinski definition) is 3. The van der Waals surface area contributed by atoms with Crippen molar-refractivity contribution in [1.82, 2.24) is 0 Å². The SMILES string of the molecule is CCS(=O)(=O)c1ccc(Br)s1. The minimum atomic E-state index is -2.99. The van der Waals surface area contributed by atoms with Crippen LogP contribution in [0.25, 0.3) is 0 Å². The number of halogens is 1. The molecule has 0 radical (unpaired) electrons. The molecular formula is C6H7BrO2S2. The maximum Gasteiger partial charge on any atom is 0.187 e. The molecule has 2 nitrogen and oxygen atoms in total. The molecule has 1 aromatic rings. The summed E-state index contributed by atoms with van der Waals surface area (Å²) < 4.78 is 23.7. The summed E-state index contributed by atoms with van der Waals surface area (Å²) in [5, 5.41) is 0. The summed E-state index contributed by atoms with van der Waals surface area (Å²) in [5.74, 6) is 0.167. The zero-order valence-electron chi connectivity index (χ0n) is 5.87. The molecule has 0 spiro atoms. The second kappa shape index (κ2) is 3.25. The first-order valence-corrected chi connectivity index (χ1v) is 6.30. The molecule has 0 aliphatic heterocycles. The molecule has 0 atom stereocenters. The second-order valence-electron chi connectivity index (χ2n) is 1.96. The quantitative estimate of drug-likeness (QED) is 0.812. The predicted octanol–water partition coefficient (Wildman–Crippen LogP) is 2.30. The van der Waals surface area contributed by atoms with Gasteiger partial charge < -0.3 is 0 Å². The van der Waals surface area contributed by atoms with Crippen molar-refractivity contribution in [2.75, 3.05) is 5.75 Å². The molecule has 0 aliphatic rings. The zero-order chi connectivity index (χ0) is 8.48. The van der Waals surface area contributed by atoms with Gasteiger partial charge in [0.2, 0.25) is 0 Å². The summed E-state index contributed by atoms with van der Waals surface area (Å²) in [7, 11) is -2.99. The molecule has 11 heavy (non-hydrogen) atoms. The van der Waals surface area contributed by atoms with E-state index in [-0.39, 0.29) is 5.75 Å². The minimum Gasteiger partial charge on any atom is -0.223 e. The van der Waals surface area contributed by atoms with E-state index in [2.05, 4.69) is 15.9 Å². The molecule has 5 heteroatoms. The minimum absolute atomic E-state index is 0.167. The Balaban J connectivity index is 3.13. The van der Waals surface area contributed by atoms with Crippen molar-refractivity contribution in [3.8, 4) is 0 Å². The van der Waals surface area contributed by atoms with Gasteiger partial charge in [-0.25, -0.2) is 8.42 Å². The molecular weight excluding hydrogens is 248 g/mol. The number of hydrogen-bond donors (Lipinski definition) is 0. The highest BCUT2D eigenvalue weighted by Gasteiger charge is 2.12. The topological polar surface area (TPSA) is 34.1 Å². The van der Waals surface area contributed by atoms with E-state index in [1.54, 1.807) is 19.1 Å². The highest BCUT2D eigenvalue weighted by molar-refractivity contribution is 9.11. The lowest BCUT2D eigenvalue weighted by Gasteiger charge is -1.93. The van der Waals surface area contributed by atoms with Crippen molar-refractivity contribution in [2.24, 2.45) is 0 Å². The van der Waals surface area contributed by atoms with Gasteiger partial charge in [-0.3, -0.25) is 0 Å². The first-order chi connectivity index (χ1) is 5.06. The Morgan fingerprint density at radius 1 is 1.55 bits per heavy atom. The molecule has 1 heterocycles. The Labute approximate surface area is 78.3 Å². The maximum atomic E-state index is 11.2. The third-order valence-electron chi connectivity index (χ3n) is 1.24. The van der Waals surface area contributed by atoms with E-state index < -0.39 is 9.84 Å². The van der Waals surface area contributed by atoms with Crippen LogP contribution in [-0.2, 0) is 9.84 Å². The van der Waals surface area contributed by atoms with Gasteiger partial charge in [0.15, 0.2) is 9.84 Å². The van der Waals surface area contributed by atoms with Gasteiger partial charge >= 0.3 is 0 Å². The van der Waals surface area contributed by atoms with Gasteiger partial charge in [0.25, 0.3) is 0 Å². The van der Waals surface area contributed by atoms with Crippen LogP contribution in [-0.4, -0.2) is 14.2 Å². The molecule has 0 saturated heterocycles. The van der Waals surface area contributed by atoms with Crippen LogP contribution in [0, 0.1) is 0 Å². The van der Waals surface area contributed by atoms with Gasteiger partial charge in [0.05, 0.1) is 9.54 Å². The van der Waals surface area contributed by atoms with Gasteiger partial charge in [0.1, 0.15) is 4.21 Å². The molecule has 0 unspecified atom stereocenters. The van der Waals surface area contributed by atoms with Gasteiger partial charge in [-0.1, -0.05) is 6.92 Å². The Morgan fingerprint density at radius 2 is 2.18 bits per heavy atom. The average Bonchev–Trinajstić information content (AvgIpc) is 2.36. The largest absolute Gasteiger partial charge is 0.223 e. The lowest BCUT2D eigenvalue weighted by Crippen LogP contribution is -2.00. The van der Waals surface area contributed by atoms with Crippen LogP contribution >= 0.6 is 27.3 Å². The third kappa shape index (κ3) is 2.04. The molecule has 0 bridgehead atoms. The Morgan fingerprint density at radius 3 is 2.55 bits per heavy atom. The maximum absolute atomic E-state index is 11.2. The Bertz CT molecular complexity index is 339. The molecule has 1 rings (SSSR count). The van der Waals surface area contributed by atoms with Crippen LogP contribution in [0.2, 0.25) is 0 Å². The molecule has 0 aromatic carbocycles. The lowest BCUT2D eigenvalue weighted by atomic mass is 10.7. The summed E-state index contributed by atoms with van der Waals surface area (Å²) in [6.07, 6.45) is 0. The number of thiophene rings is 1. The normalized spacial score (nSPS) is 11.8. The van der Waals surface area contributed by atoms with E-state index in [1.165, 1.54) is 11.3 Å². The van der Waals surface area contributed by atoms with Crippen molar-refractivity contribution in [3.63, 3.8) is 0 Å². The fraction of sp³-hybridized carbons (Fsp3) is 0.333. The van der Waals surface area contributed by atoms with Crippen molar-refractivity contribution >= 4 is 37.1 Å². The summed E-state index contributed by atoms with van der Waals surface area (Å²) in [6, 6.07) is 3.36. The number of sulfone groups is 1. The highest BCUT2D eigenvalue weighted by Crippen LogP contribution is 2.26. The molecule has 0 amide bonds. The molecule has 1 aromatic heterocycles. The van der Waals surface area contributed by atoms with E-state index in [1.807, 2.05) is 0 Å². The molecule has 0 fully saturated rings. The van der Waals surface area contributed by atoms with Crippen LogP contribution in [0.4, 0.5) is 0 Å². The van der Waals surface area contributed by atoms with Gasteiger partial charge in [-0.05, 0) is 28.1 Å².